The first kappa shape index (κ1) is 15.2. The highest BCUT2D eigenvalue weighted by Crippen LogP contribution is 2.41. The van der Waals surface area contributed by atoms with Crippen molar-refractivity contribution in [1.29, 1.82) is 0 Å². The standard InChI is InChI=1S/C12H7F6N2O/c1-20-5-4-10(19-20)21-9-6-7(11(13,14)15)2-3-8(9)12(16,17)18/h2-4,6H,1H3. The highest BCUT2D eigenvalue weighted by atomic mass is 19.4. The second-order valence-corrected chi connectivity index (χ2v) is 4.04. The molecule has 113 valence electrons. The minimum Gasteiger partial charge on any atom is -0.437 e. The number of aromatic nitrogens is 2. The first-order chi connectivity index (χ1) is 9.57. The van der Waals surface area contributed by atoms with Crippen LogP contribution >= 0.6 is 0 Å². The van der Waals surface area contributed by atoms with E-state index in [1.165, 1.54) is 7.05 Å². The molecule has 0 fully saturated rings. The minimum absolute atomic E-state index is 0.289. The number of halogens is 6. The van der Waals surface area contributed by atoms with Crippen LogP contribution in [0.1, 0.15) is 11.1 Å². The highest BCUT2D eigenvalue weighted by molar-refractivity contribution is 5.42. The summed E-state index contributed by atoms with van der Waals surface area (Å²) in [7, 11) is 1.43. The molecule has 0 spiro atoms. The zero-order valence-electron chi connectivity index (χ0n) is 10.4. The summed E-state index contributed by atoms with van der Waals surface area (Å²) in [6.07, 6.45) is -7.16. The monoisotopic (exact) mass is 309 g/mol. The van der Waals surface area contributed by atoms with E-state index in [0.717, 1.165) is 10.7 Å². The number of ether oxygens (including phenoxy) is 1. The van der Waals surface area contributed by atoms with Gasteiger partial charge in [-0.2, -0.15) is 26.3 Å². The van der Waals surface area contributed by atoms with Crippen molar-refractivity contribution in [3.63, 3.8) is 0 Å². The molecule has 1 radical (unpaired) electrons. The van der Waals surface area contributed by atoms with Crippen molar-refractivity contribution in [3.05, 3.63) is 41.6 Å². The van der Waals surface area contributed by atoms with E-state index in [9.17, 15) is 26.3 Å². The average Bonchev–Trinajstić information content (AvgIpc) is 2.72. The van der Waals surface area contributed by atoms with Gasteiger partial charge in [-0.15, -0.1) is 5.10 Å². The van der Waals surface area contributed by atoms with Crippen LogP contribution in [-0.4, -0.2) is 9.78 Å². The molecule has 2 rings (SSSR count). The second-order valence-electron chi connectivity index (χ2n) is 4.04. The van der Waals surface area contributed by atoms with Crippen molar-refractivity contribution in [3.8, 4) is 11.6 Å². The molecule has 0 aliphatic rings. The lowest BCUT2D eigenvalue weighted by molar-refractivity contribution is -0.142. The number of benzene rings is 1. The Kier molecular flexibility index (Phi) is 3.60. The van der Waals surface area contributed by atoms with E-state index in [1.54, 1.807) is 0 Å². The summed E-state index contributed by atoms with van der Waals surface area (Å²) in [5, 5.41) is 3.61. The molecule has 0 unspecified atom stereocenters. The lowest BCUT2D eigenvalue weighted by Crippen LogP contribution is -2.11. The maximum atomic E-state index is 12.8. The highest BCUT2D eigenvalue weighted by Gasteiger charge is 2.38. The summed E-state index contributed by atoms with van der Waals surface area (Å²) in [4.78, 5) is 0. The maximum Gasteiger partial charge on any atom is 0.419 e. The quantitative estimate of drug-likeness (QED) is 0.783. The number of alkyl halides is 6. The van der Waals surface area contributed by atoms with Crippen molar-refractivity contribution in [2.24, 2.45) is 7.05 Å². The molecule has 0 N–H and O–H groups in total. The maximum absolute atomic E-state index is 12.8. The molecule has 1 heterocycles. The number of hydrogen-bond acceptors (Lipinski definition) is 2. The van der Waals surface area contributed by atoms with Gasteiger partial charge in [0.1, 0.15) is 5.75 Å². The van der Waals surface area contributed by atoms with Gasteiger partial charge in [0.2, 0.25) is 5.88 Å². The predicted molar refractivity (Wildman–Crippen MR) is 58.6 cm³/mol. The Balaban J connectivity index is 2.48. The molecule has 0 amide bonds. The summed E-state index contributed by atoms with van der Waals surface area (Å²) >= 11 is 0. The SMILES string of the molecule is Cn1[c]cc(Oc2cc(C(F)(F)F)ccc2C(F)(F)F)n1. The van der Waals surface area contributed by atoms with Crippen LogP contribution in [0.15, 0.2) is 24.3 Å². The zero-order valence-corrected chi connectivity index (χ0v) is 10.4. The van der Waals surface area contributed by atoms with Gasteiger partial charge in [0, 0.05) is 13.1 Å². The minimum atomic E-state index is -4.85. The van der Waals surface area contributed by atoms with E-state index in [-0.39, 0.29) is 11.9 Å². The van der Waals surface area contributed by atoms with Crippen LogP contribution < -0.4 is 4.74 Å². The van der Waals surface area contributed by atoms with Gasteiger partial charge < -0.3 is 4.74 Å². The Morgan fingerprint density at radius 2 is 1.76 bits per heavy atom. The van der Waals surface area contributed by atoms with Gasteiger partial charge >= 0.3 is 12.4 Å². The molecule has 0 saturated heterocycles. The summed E-state index contributed by atoms with van der Waals surface area (Å²) in [6, 6.07) is 2.07. The Morgan fingerprint density at radius 1 is 1.10 bits per heavy atom. The van der Waals surface area contributed by atoms with Crippen LogP contribution in [0.3, 0.4) is 0 Å². The molecular formula is C12H7F6N2O. The van der Waals surface area contributed by atoms with Gasteiger partial charge in [-0.05, 0) is 18.2 Å². The fourth-order valence-corrected chi connectivity index (χ4v) is 1.53. The fourth-order valence-electron chi connectivity index (χ4n) is 1.53. The van der Waals surface area contributed by atoms with Gasteiger partial charge in [-0.25, -0.2) is 0 Å². The van der Waals surface area contributed by atoms with Crippen molar-refractivity contribution < 1.29 is 31.1 Å². The van der Waals surface area contributed by atoms with Crippen LogP contribution in [-0.2, 0) is 19.4 Å². The number of hydrogen-bond donors (Lipinski definition) is 0. The third kappa shape index (κ3) is 3.47. The topological polar surface area (TPSA) is 27.1 Å². The molecule has 21 heavy (non-hydrogen) atoms. The van der Waals surface area contributed by atoms with Gasteiger partial charge in [-0.1, -0.05) is 0 Å². The van der Waals surface area contributed by atoms with Gasteiger partial charge in [0.25, 0.3) is 0 Å². The Bertz CT molecular complexity index is 644. The molecule has 3 nitrogen and oxygen atoms in total. The van der Waals surface area contributed by atoms with E-state index in [2.05, 4.69) is 11.3 Å². The van der Waals surface area contributed by atoms with Crippen molar-refractivity contribution in [2.45, 2.75) is 12.4 Å². The van der Waals surface area contributed by atoms with Crippen LogP contribution in [0.5, 0.6) is 11.6 Å². The normalized spacial score (nSPS) is 12.5. The van der Waals surface area contributed by atoms with Crippen LogP contribution in [0.2, 0.25) is 0 Å². The van der Waals surface area contributed by atoms with Crippen LogP contribution in [0.25, 0.3) is 0 Å². The van der Waals surface area contributed by atoms with E-state index in [4.69, 9.17) is 4.74 Å². The molecule has 1 aromatic heterocycles. The molecule has 0 aliphatic heterocycles. The average molecular weight is 309 g/mol. The third-order valence-corrected chi connectivity index (χ3v) is 2.45. The number of nitrogens with zero attached hydrogens (tertiary/aromatic N) is 2. The molecule has 1 aromatic carbocycles. The molecule has 0 saturated carbocycles. The largest absolute Gasteiger partial charge is 0.437 e. The lowest BCUT2D eigenvalue weighted by Gasteiger charge is -2.15. The van der Waals surface area contributed by atoms with Crippen LogP contribution in [0, 0.1) is 6.20 Å². The van der Waals surface area contributed by atoms with E-state index in [0.29, 0.717) is 12.1 Å². The molecule has 0 atom stereocenters. The fraction of sp³-hybridized carbons (Fsp3) is 0.250. The van der Waals surface area contributed by atoms with Crippen molar-refractivity contribution in [1.82, 2.24) is 9.78 Å². The first-order valence-electron chi connectivity index (χ1n) is 5.45. The summed E-state index contributed by atoms with van der Waals surface area (Å²) in [5.74, 6) is -1.26. The smallest absolute Gasteiger partial charge is 0.419 e. The number of aryl methyl sites for hydroxylation is 1. The van der Waals surface area contributed by atoms with Crippen LogP contribution in [0.4, 0.5) is 26.3 Å². The van der Waals surface area contributed by atoms with Crippen molar-refractivity contribution >= 4 is 0 Å². The molecular weight excluding hydrogens is 302 g/mol. The summed E-state index contributed by atoms with van der Waals surface area (Å²) in [5.41, 5.74) is -2.56. The summed E-state index contributed by atoms with van der Waals surface area (Å²) < 4.78 is 82.0. The van der Waals surface area contributed by atoms with E-state index in [1.807, 2.05) is 0 Å². The number of rotatable bonds is 2. The van der Waals surface area contributed by atoms with Gasteiger partial charge in [0.15, 0.2) is 0 Å². The van der Waals surface area contributed by atoms with Crippen molar-refractivity contribution in [2.75, 3.05) is 0 Å². The zero-order chi connectivity index (χ0) is 15.8. The molecule has 0 aliphatic carbocycles. The molecule has 9 heteroatoms. The van der Waals surface area contributed by atoms with Gasteiger partial charge in [-0.3, -0.25) is 4.68 Å². The Labute approximate surface area is 114 Å². The third-order valence-electron chi connectivity index (χ3n) is 2.45. The summed E-state index contributed by atoms with van der Waals surface area (Å²) in [6.45, 7) is 0. The second kappa shape index (κ2) is 4.97. The molecule has 0 bridgehead atoms. The lowest BCUT2D eigenvalue weighted by atomic mass is 10.1. The van der Waals surface area contributed by atoms with E-state index >= 15 is 0 Å². The Morgan fingerprint density at radius 3 is 2.24 bits per heavy atom. The Hall–Kier alpha value is -2.19. The predicted octanol–water partition coefficient (Wildman–Crippen LogP) is 4.05. The van der Waals surface area contributed by atoms with E-state index < -0.39 is 29.2 Å². The molecule has 2 aromatic rings. The first-order valence-corrected chi connectivity index (χ1v) is 5.45. The van der Waals surface area contributed by atoms with Gasteiger partial charge in [0.05, 0.1) is 17.3 Å².